The van der Waals surface area contributed by atoms with Gasteiger partial charge in [-0.15, -0.1) is 0 Å². The molecule has 0 spiro atoms. The first-order valence-corrected chi connectivity index (χ1v) is 7.98. The fourth-order valence-corrected chi connectivity index (χ4v) is 2.82. The fraction of sp³-hybridized carbons (Fsp3) is 0.0526. The predicted molar refractivity (Wildman–Crippen MR) is 98.5 cm³/mol. The summed E-state index contributed by atoms with van der Waals surface area (Å²) in [6.45, 7) is 1.92. The van der Waals surface area contributed by atoms with Gasteiger partial charge in [0.25, 0.3) is 0 Å². The molecule has 4 rings (SSSR count). The Kier molecular flexibility index (Phi) is 3.81. The van der Waals surface area contributed by atoms with Crippen LogP contribution in [0.15, 0.2) is 54.9 Å². The summed E-state index contributed by atoms with van der Waals surface area (Å²) < 4.78 is 0. The standard InChI is InChI=1S/C19H15N5O2/c1-11-8-13(9-12-10-16(18(25)26)23-17(11)12)22-19-21-7-5-15(24-19)14-4-2-3-6-20-14/h2-10,23H,1H3,(H,25,26)(H,21,22,24). The lowest BCUT2D eigenvalue weighted by Crippen LogP contribution is -1.98. The van der Waals surface area contributed by atoms with Crippen molar-refractivity contribution in [3.05, 3.63) is 66.1 Å². The number of nitrogens with one attached hydrogen (secondary N) is 2. The van der Waals surface area contributed by atoms with E-state index in [1.807, 2.05) is 37.3 Å². The molecule has 0 saturated carbocycles. The van der Waals surface area contributed by atoms with E-state index < -0.39 is 5.97 Å². The van der Waals surface area contributed by atoms with E-state index in [1.54, 1.807) is 24.5 Å². The molecule has 0 saturated heterocycles. The van der Waals surface area contributed by atoms with Gasteiger partial charge in [-0.1, -0.05) is 6.07 Å². The van der Waals surface area contributed by atoms with Crippen molar-refractivity contribution >= 4 is 28.5 Å². The van der Waals surface area contributed by atoms with E-state index in [-0.39, 0.29) is 5.69 Å². The first-order chi connectivity index (χ1) is 12.6. The molecule has 1 aromatic carbocycles. The van der Waals surface area contributed by atoms with Gasteiger partial charge in [0.2, 0.25) is 5.95 Å². The Bertz CT molecular complexity index is 1110. The zero-order chi connectivity index (χ0) is 18.1. The summed E-state index contributed by atoms with van der Waals surface area (Å²) in [6.07, 6.45) is 3.39. The third kappa shape index (κ3) is 2.98. The van der Waals surface area contributed by atoms with E-state index in [4.69, 9.17) is 5.11 Å². The lowest BCUT2D eigenvalue weighted by molar-refractivity contribution is 0.0691. The third-order valence-corrected chi connectivity index (χ3v) is 3.99. The minimum Gasteiger partial charge on any atom is -0.477 e. The lowest BCUT2D eigenvalue weighted by Gasteiger charge is -2.08. The van der Waals surface area contributed by atoms with Crippen LogP contribution in [0.1, 0.15) is 16.1 Å². The molecule has 0 bridgehead atoms. The molecule has 0 amide bonds. The Morgan fingerprint density at radius 2 is 1.96 bits per heavy atom. The van der Waals surface area contributed by atoms with E-state index in [1.165, 1.54) is 0 Å². The second-order valence-electron chi connectivity index (χ2n) is 5.85. The highest BCUT2D eigenvalue weighted by Gasteiger charge is 2.11. The summed E-state index contributed by atoms with van der Waals surface area (Å²) in [5.74, 6) is -0.539. The molecule has 0 radical (unpaired) electrons. The number of carboxylic acids is 1. The Morgan fingerprint density at radius 3 is 2.73 bits per heavy atom. The van der Waals surface area contributed by atoms with Crippen LogP contribution in [-0.2, 0) is 0 Å². The molecule has 3 N–H and O–H groups in total. The Labute approximate surface area is 148 Å². The van der Waals surface area contributed by atoms with Gasteiger partial charge in [0.05, 0.1) is 11.4 Å². The first-order valence-electron chi connectivity index (χ1n) is 7.98. The van der Waals surface area contributed by atoms with Gasteiger partial charge in [-0.2, -0.15) is 0 Å². The van der Waals surface area contributed by atoms with Gasteiger partial charge in [-0.3, -0.25) is 4.98 Å². The van der Waals surface area contributed by atoms with Crippen LogP contribution in [0.5, 0.6) is 0 Å². The highest BCUT2D eigenvalue weighted by molar-refractivity contribution is 5.96. The SMILES string of the molecule is Cc1cc(Nc2nccc(-c3ccccn3)n2)cc2cc(C(=O)O)[nH]c12. The average molecular weight is 345 g/mol. The molecule has 3 aromatic heterocycles. The maximum absolute atomic E-state index is 11.2. The number of hydrogen-bond acceptors (Lipinski definition) is 5. The van der Waals surface area contributed by atoms with Crippen molar-refractivity contribution in [1.29, 1.82) is 0 Å². The minimum atomic E-state index is -0.985. The number of aromatic amines is 1. The minimum absolute atomic E-state index is 0.161. The number of hydrogen-bond donors (Lipinski definition) is 3. The van der Waals surface area contributed by atoms with Gasteiger partial charge in [-0.05, 0) is 48.9 Å². The normalized spacial score (nSPS) is 10.8. The zero-order valence-electron chi connectivity index (χ0n) is 13.9. The molecule has 4 aromatic rings. The molecule has 0 aliphatic rings. The van der Waals surface area contributed by atoms with Crippen molar-refractivity contribution in [2.45, 2.75) is 6.92 Å². The summed E-state index contributed by atoms with van der Waals surface area (Å²) in [5.41, 5.74) is 4.16. The quantitative estimate of drug-likeness (QED) is 0.520. The highest BCUT2D eigenvalue weighted by atomic mass is 16.4. The molecule has 3 heterocycles. The van der Waals surface area contributed by atoms with Crippen LogP contribution in [0.25, 0.3) is 22.3 Å². The number of nitrogens with zero attached hydrogens (tertiary/aromatic N) is 3. The van der Waals surface area contributed by atoms with Gasteiger partial charge in [0.15, 0.2) is 0 Å². The largest absolute Gasteiger partial charge is 0.477 e. The number of anilines is 2. The number of fused-ring (bicyclic) bond motifs is 1. The number of aromatic nitrogens is 4. The van der Waals surface area contributed by atoms with Crippen LogP contribution in [0.4, 0.5) is 11.6 Å². The number of carboxylic acid groups (broad SMARTS) is 1. The molecule has 0 aliphatic carbocycles. The Balaban J connectivity index is 1.68. The van der Waals surface area contributed by atoms with Crippen LogP contribution in [0.3, 0.4) is 0 Å². The van der Waals surface area contributed by atoms with E-state index in [0.717, 1.165) is 33.5 Å². The second-order valence-corrected chi connectivity index (χ2v) is 5.85. The van der Waals surface area contributed by atoms with Crippen LogP contribution < -0.4 is 5.32 Å². The van der Waals surface area contributed by atoms with Gasteiger partial charge < -0.3 is 15.4 Å². The predicted octanol–water partition coefficient (Wildman–Crippen LogP) is 3.77. The maximum Gasteiger partial charge on any atom is 0.352 e. The summed E-state index contributed by atoms with van der Waals surface area (Å²) >= 11 is 0. The van der Waals surface area contributed by atoms with Crippen LogP contribution in [-0.4, -0.2) is 31.0 Å². The van der Waals surface area contributed by atoms with Gasteiger partial charge in [-0.25, -0.2) is 14.8 Å². The Morgan fingerprint density at radius 1 is 1.08 bits per heavy atom. The average Bonchev–Trinajstić information content (AvgIpc) is 3.08. The number of aryl methyl sites for hydroxylation is 1. The van der Waals surface area contributed by atoms with Gasteiger partial charge in [0.1, 0.15) is 5.69 Å². The van der Waals surface area contributed by atoms with Crippen molar-refractivity contribution in [3.8, 4) is 11.4 Å². The molecule has 0 atom stereocenters. The molecule has 0 unspecified atom stereocenters. The number of H-pyrrole nitrogens is 1. The topological polar surface area (TPSA) is 104 Å². The number of carbonyl (C=O) groups is 1. The molecule has 0 aliphatic heterocycles. The molecule has 0 fully saturated rings. The van der Waals surface area contributed by atoms with E-state index in [2.05, 4.69) is 25.3 Å². The zero-order valence-corrected chi connectivity index (χ0v) is 13.9. The summed E-state index contributed by atoms with van der Waals surface area (Å²) in [6, 6.07) is 12.8. The van der Waals surface area contributed by atoms with E-state index in [9.17, 15) is 4.79 Å². The number of benzene rings is 1. The van der Waals surface area contributed by atoms with Crippen molar-refractivity contribution < 1.29 is 9.90 Å². The molecular weight excluding hydrogens is 330 g/mol. The second kappa shape index (κ2) is 6.29. The van der Waals surface area contributed by atoms with Gasteiger partial charge >= 0.3 is 5.97 Å². The number of pyridine rings is 1. The monoisotopic (exact) mass is 345 g/mol. The first kappa shape index (κ1) is 15.8. The van der Waals surface area contributed by atoms with Crippen molar-refractivity contribution in [2.75, 3.05) is 5.32 Å². The Hall–Kier alpha value is -3.74. The molecule has 128 valence electrons. The molecule has 7 nitrogen and oxygen atoms in total. The van der Waals surface area contributed by atoms with E-state index in [0.29, 0.717) is 5.95 Å². The third-order valence-electron chi connectivity index (χ3n) is 3.99. The molecule has 26 heavy (non-hydrogen) atoms. The number of aromatic carboxylic acids is 1. The van der Waals surface area contributed by atoms with Gasteiger partial charge in [0, 0.05) is 29.0 Å². The number of rotatable bonds is 4. The van der Waals surface area contributed by atoms with Crippen molar-refractivity contribution in [3.63, 3.8) is 0 Å². The van der Waals surface area contributed by atoms with E-state index >= 15 is 0 Å². The lowest BCUT2D eigenvalue weighted by atomic mass is 10.1. The molecular formula is C19H15N5O2. The fourth-order valence-electron chi connectivity index (χ4n) is 2.82. The highest BCUT2D eigenvalue weighted by Crippen LogP contribution is 2.26. The summed E-state index contributed by atoms with van der Waals surface area (Å²) in [5, 5.41) is 13.1. The molecule has 7 heteroatoms. The van der Waals surface area contributed by atoms with Crippen LogP contribution in [0, 0.1) is 6.92 Å². The summed E-state index contributed by atoms with van der Waals surface area (Å²) in [4.78, 5) is 27.1. The van der Waals surface area contributed by atoms with Crippen molar-refractivity contribution in [2.24, 2.45) is 0 Å². The maximum atomic E-state index is 11.2. The summed E-state index contributed by atoms with van der Waals surface area (Å²) in [7, 11) is 0. The van der Waals surface area contributed by atoms with Crippen LogP contribution >= 0.6 is 0 Å². The smallest absolute Gasteiger partial charge is 0.352 e. The van der Waals surface area contributed by atoms with Crippen molar-refractivity contribution in [1.82, 2.24) is 19.9 Å². The van der Waals surface area contributed by atoms with Crippen LogP contribution in [0.2, 0.25) is 0 Å².